The summed E-state index contributed by atoms with van der Waals surface area (Å²) in [4.78, 5) is 43.8. The van der Waals surface area contributed by atoms with Crippen molar-refractivity contribution in [1.82, 2.24) is 0 Å². The maximum Gasteiger partial charge on any atom is 0.337 e. The molecular formula is C29H27N3O8S. The van der Waals surface area contributed by atoms with Crippen molar-refractivity contribution in [3.63, 3.8) is 0 Å². The molecule has 0 spiro atoms. The van der Waals surface area contributed by atoms with Crippen molar-refractivity contribution in [2.24, 2.45) is 10.1 Å². The predicted octanol–water partition coefficient (Wildman–Crippen LogP) is 2.36. The highest BCUT2D eigenvalue weighted by atomic mass is 32.2. The summed E-state index contributed by atoms with van der Waals surface area (Å²) in [6.45, 7) is 0. The molecule has 0 bridgehead atoms. The Morgan fingerprint density at radius 2 is 1.61 bits per heavy atom. The van der Waals surface area contributed by atoms with Crippen LogP contribution in [0.5, 0.6) is 5.75 Å². The van der Waals surface area contributed by atoms with Gasteiger partial charge in [-0.2, -0.15) is 13.5 Å². The first-order valence-electron chi connectivity index (χ1n) is 12.9. The van der Waals surface area contributed by atoms with Crippen molar-refractivity contribution >= 4 is 32.5 Å². The van der Waals surface area contributed by atoms with Crippen LogP contribution < -0.4 is 31.7 Å². The van der Waals surface area contributed by atoms with Crippen LogP contribution in [0.3, 0.4) is 0 Å². The summed E-state index contributed by atoms with van der Waals surface area (Å²) in [5.74, 6) is -0.405. The van der Waals surface area contributed by atoms with Crippen LogP contribution in [-0.4, -0.2) is 39.2 Å². The lowest BCUT2D eigenvalue weighted by Crippen LogP contribution is -2.34. The van der Waals surface area contributed by atoms with Gasteiger partial charge in [-0.3, -0.25) is 24.6 Å². The van der Waals surface area contributed by atoms with Gasteiger partial charge in [0.25, 0.3) is 10.1 Å². The molecule has 0 unspecified atom stereocenters. The number of hydrogen-bond donors (Lipinski definition) is 2. The van der Waals surface area contributed by atoms with E-state index in [0.29, 0.717) is 0 Å². The molecule has 5 rings (SSSR count). The molecule has 41 heavy (non-hydrogen) atoms. The SMILES string of the molecule is COC(=O)c1ccc(OC)c(NN=c2c(S(=O)(=O)O)cc(=NC3CCCCC3)c3c(=O)c4ccccc4c(=O)c2=3)c1. The number of nitrogens with zero attached hydrogens (tertiary/aromatic N) is 2. The summed E-state index contributed by atoms with van der Waals surface area (Å²) in [5, 5.41) is 3.60. The van der Waals surface area contributed by atoms with Gasteiger partial charge in [0, 0.05) is 10.8 Å². The van der Waals surface area contributed by atoms with Crippen LogP contribution >= 0.6 is 0 Å². The second kappa shape index (κ2) is 11.2. The highest BCUT2D eigenvalue weighted by Gasteiger charge is 2.21. The lowest BCUT2D eigenvalue weighted by atomic mass is 9.96. The van der Waals surface area contributed by atoms with Gasteiger partial charge < -0.3 is 9.47 Å². The number of ether oxygens (including phenoxy) is 2. The number of methoxy groups -OCH3 is 2. The molecule has 2 N–H and O–H groups in total. The Balaban J connectivity index is 1.93. The minimum absolute atomic E-state index is 0.0107. The van der Waals surface area contributed by atoms with E-state index in [1.165, 1.54) is 44.6 Å². The lowest BCUT2D eigenvalue weighted by molar-refractivity contribution is 0.0600. The fourth-order valence-corrected chi connectivity index (χ4v) is 5.86. The van der Waals surface area contributed by atoms with Gasteiger partial charge in [0.05, 0.1) is 47.3 Å². The third-order valence-electron chi connectivity index (χ3n) is 7.20. The van der Waals surface area contributed by atoms with Crippen LogP contribution in [-0.2, 0) is 14.9 Å². The van der Waals surface area contributed by atoms with Crippen molar-refractivity contribution in [2.45, 2.75) is 43.0 Å². The first-order chi connectivity index (χ1) is 19.6. The molecule has 0 atom stereocenters. The highest BCUT2D eigenvalue weighted by Crippen LogP contribution is 2.26. The first kappa shape index (κ1) is 28.1. The summed E-state index contributed by atoms with van der Waals surface area (Å²) < 4.78 is 45.7. The number of fused-ring (bicyclic) bond motifs is 1. The number of esters is 1. The Morgan fingerprint density at radius 1 is 0.951 bits per heavy atom. The number of rotatable bonds is 6. The molecule has 12 heteroatoms. The molecule has 2 aromatic carbocycles. The molecule has 0 radical (unpaired) electrons. The number of carbonyl (C=O) groups excluding carboxylic acids is 1. The number of benzene rings is 2. The largest absolute Gasteiger partial charge is 0.495 e. The Hall–Kier alpha value is -4.42. The average Bonchev–Trinajstić information content (AvgIpc) is 2.98. The van der Waals surface area contributed by atoms with Crippen molar-refractivity contribution in [2.75, 3.05) is 19.6 Å². The van der Waals surface area contributed by atoms with Crippen molar-refractivity contribution in [3.8, 4) is 5.75 Å². The Bertz CT molecular complexity index is 2080. The molecule has 0 aliphatic heterocycles. The molecule has 0 heterocycles. The third-order valence-corrected chi connectivity index (χ3v) is 8.06. The molecule has 11 nitrogen and oxygen atoms in total. The first-order valence-corrected chi connectivity index (χ1v) is 14.4. The highest BCUT2D eigenvalue weighted by molar-refractivity contribution is 7.85. The van der Waals surface area contributed by atoms with Gasteiger partial charge in [-0.05, 0) is 37.1 Å². The van der Waals surface area contributed by atoms with Crippen LogP contribution in [0.2, 0.25) is 0 Å². The van der Waals surface area contributed by atoms with Crippen molar-refractivity contribution in [3.05, 3.63) is 95.7 Å². The fraction of sp³-hybridized carbons (Fsp3) is 0.276. The van der Waals surface area contributed by atoms with Crippen LogP contribution in [0.1, 0.15) is 42.5 Å². The Labute approximate surface area is 233 Å². The lowest BCUT2D eigenvalue weighted by Gasteiger charge is -2.17. The van der Waals surface area contributed by atoms with Crippen molar-refractivity contribution < 1.29 is 27.2 Å². The summed E-state index contributed by atoms with van der Waals surface area (Å²) in [6.07, 6.45) is 4.41. The molecule has 2 aromatic rings. The summed E-state index contributed by atoms with van der Waals surface area (Å²) in [5.41, 5.74) is 1.78. The average molecular weight is 578 g/mol. The van der Waals surface area contributed by atoms with Crippen LogP contribution in [0.4, 0.5) is 5.69 Å². The maximum atomic E-state index is 13.9. The van der Waals surface area contributed by atoms with E-state index in [9.17, 15) is 27.4 Å². The van der Waals surface area contributed by atoms with Crippen LogP contribution in [0, 0.1) is 10.4 Å². The van der Waals surface area contributed by atoms with E-state index < -0.39 is 37.2 Å². The molecular weight excluding hydrogens is 550 g/mol. The number of nitrogens with one attached hydrogen (secondary N) is 1. The van der Waals surface area contributed by atoms with E-state index in [1.54, 1.807) is 12.1 Å². The minimum Gasteiger partial charge on any atom is -0.495 e. The van der Waals surface area contributed by atoms with E-state index in [-0.39, 0.29) is 49.6 Å². The van der Waals surface area contributed by atoms with Crippen LogP contribution in [0.15, 0.2) is 73.1 Å². The second-order valence-electron chi connectivity index (χ2n) is 9.72. The number of hydrogen-bond acceptors (Lipinski definition) is 10. The molecule has 0 aromatic heterocycles. The van der Waals surface area contributed by atoms with Gasteiger partial charge in [-0.25, -0.2) is 4.79 Å². The van der Waals surface area contributed by atoms with Gasteiger partial charge in [0.2, 0.25) is 0 Å². The van der Waals surface area contributed by atoms with Gasteiger partial charge in [-0.1, -0.05) is 43.5 Å². The normalized spacial score (nSPS) is 15.4. The zero-order valence-electron chi connectivity index (χ0n) is 22.3. The fourth-order valence-electron chi connectivity index (χ4n) is 5.21. The monoisotopic (exact) mass is 577 g/mol. The standard InChI is InChI=1S/C29H27N3O8S/c1-39-22-13-12-16(29(35)40-2)14-20(22)31-32-26-23(41(36,37)38)15-21(30-17-8-4-3-5-9-17)24-25(26)28(34)19-11-7-6-10-18(19)27(24)33/h6-7,10-15,17,31H,3-5,8-9H2,1-2H3,(H,36,37,38). The van der Waals surface area contributed by atoms with E-state index >= 15 is 0 Å². The molecule has 1 fully saturated rings. The third kappa shape index (κ3) is 5.35. The number of anilines is 1. The quantitative estimate of drug-likeness (QED) is 0.199. The Kier molecular flexibility index (Phi) is 7.70. The maximum absolute atomic E-state index is 13.9. The molecule has 212 valence electrons. The molecule has 3 aliphatic rings. The van der Waals surface area contributed by atoms with Gasteiger partial charge in [0.15, 0.2) is 10.9 Å². The molecule has 0 saturated heterocycles. The van der Waals surface area contributed by atoms with Gasteiger partial charge in [0.1, 0.15) is 16.0 Å². The van der Waals surface area contributed by atoms with E-state index in [1.807, 2.05) is 0 Å². The summed E-state index contributed by atoms with van der Waals surface area (Å²) in [7, 11) is -2.36. The van der Waals surface area contributed by atoms with Gasteiger partial charge in [-0.15, -0.1) is 0 Å². The zero-order chi connectivity index (χ0) is 29.3. The smallest absolute Gasteiger partial charge is 0.337 e. The van der Waals surface area contributed by atoms with E-state index in [2.05, 4.69) is 10.5 Å². The summed E-state index contributed by atoms with van der Waals surface area (Å²) >= 11 is 0. The molecule has 0 amide bonds. The van der Waals surface area contributed by atoms with Crippen molar-refractivity contribution in [1.29, 1.82) is 0 Å². The van der Waals surface area contributed by atoms with Crippen LogP contribution in [0.25, 0.3) is 10.8 Å². The van der Waals surface area contributed by atoms with E-state index in [4.69, 9.17) is 14.5 Å². The second-order valence-corrected chi connectivity index (χ2v) is 11.1. The number of carbonyl (C=O) groups is 1. The molecule has 1 saturated carbocycles. The minimum atomic E-state index is -4.96. The predicted molar refractivity (Wildman–Crippen MR) is 150 cm³/mol. The van der Waals surface area contributed by atoms with E-state index in [0.717, 1.165) is 38.2 Å². The molecule has 3 aliphatic carbocycles. The van der Waals surface area contributed by atoms with Gasteiger partial charge >= 0.3 is 5.97 Å². The Morgan fingerprint density at radius 3 is 2.22 bits per heavy atom. The zero-order valence-corrected chi connectivity index (χ0v) is 23.2. The topological polar surface area (TPSA) is 161 Å². The summed E-state index contributed by atoms with van der Waals surface area (Å²) in [6, 6.07) is 11.4.